The number of allylic oxidation sites excluding steroid dienone is 2. The van der Waals surface area contributed by atoms with Gasteiger partial charge in [0.2, 0.25) is 0 Å². The maximum atomic E-state index is 3.55. The third-order valence-electron chi connectivity index (χ3n) is 8.99. The van der Waals surface area contributed by atoms with Crippen LogP contribution in [0.25, 0.3) is 0 Å². The van der Waals surface area contributed by atoms with Gasteiger partial charge in [-0.1, -0.05) is 133 Å². The number of hydrogen-bond donors (Lipinski definition) is 1. The van der Waals surface area contributed by atoms with Crippen LogP contribution < -0.4 is 5.32 Å². The van der Waals surface area contributed by atoms with Crippen molar-refractivity contribution in [3.8, 4) is 0 Å². The quantitative estimate of drug-likeness (QED) is 0.217. The van der Waals surface area contributed by atoms with E-state index in [9.17, 15) is 0 Å². The summed E-state index contributed by atoms with van der Waals surface area (Å²) in [5.74, 6) is 2.08. The lowest BCUT2D eigenvalue weighted by Gasteiger charge is -2.30. The first-order valence-corrected chi connectivity index (χ1v) is 22.9. The molecule has 1 heterocycles. The number of nitrogens with one attached hydrogen (secondary N) is 1. The Kier molecular flexibility index (Phi) is 13.5. The SMILES string of the molecule is CP1CC(c2ccccc2)/C=C\N/C=C\C(c2ccccc2)CP(C)CC(c2ccccc2)CP(C)CC(c2ccccc2)C1. The lowest BCUT2D eigenvalue weighted by Crippen LogP contribution is -2.15. The van der Waals surface area contributed by atoms with Crippen LogP contribution in [0.5, 0.6) is 0 Å². The van der Waals surface area contributed by atoms with Crippen LogP contribution in [0.1, 0.15) is 45.9 Å². The highest BCUT2D eigenvalue weighted by atomic mass is 31.1. The monoisotopic (exact) mass is 649 g/mol. The van der Waals surface area contributed by atoms with E-state index in [1.807, 2.05) is 0 Å². The van der Waals surface area contributed by atoms with Crippen LogP contribution in [0.2, 0.25) is 0 Å². The molecule has 45 heavy (non-hydrogen) atoms. The summed E-state index contributed by atoms with van der Waals surface area (Å²) in [5.41, 5.74) is 5.91. The summed E-state index contributed by atoms with van der Waals surface area (Å²) < 4.78 is 0. The molecule has 0 amide bonds. The Morgan fingerprint density at radius 2 is 0.689 bits per heavy atom. The highest BCUT2D eigenvalue weighted by Gasteiger charge is 2.24. The van der Waals surface area contributed by atoms with Crippen LogP contribution in [-0.4, -0.2) is 57.0 Å². The van der Waals surface area contributed by atoms with Crippen molar-refractivity contribution in [2.24, 2.45) is 0 Å². The van der Waals surface area contributed by atoms with E-state index in [1.165, 1.54) is 59.2 Å². The van der Waals surface area contributed by atoms with Gasteiger partial charge >= 0.3 is 0 Å². The van der Waals surface area contributed by atoms with Gasteiger partial charge in [0.25, 0.3) is 0 Å². The molecule has 4 aromatic carbocycles. The van der Waals surface area contributed by atoms with Crippen LogP contribution in [0, 0.1) is 0 Å². The molecule has 6 atom stereocenters. The highest BCUT2D eigenvalue weighted by molar-refractivity contribution is 7.58. The van der Waals surface area contributed by atoms with Crippen LogP contribution in [0.4, 0.5) is 0 Å². The van der Waals surface area contributed by atoms with E-state index in [4.69, 9.17) is 0 Å². The first kappa shape index (κ1) is 33.8. The predicted molar refractivity (Wildman–Crippen MR) is 206 cm³/mol. The fourth-order valence-electron chi connectivity index (χ4n) is 6.74. The van der Waals surface area contributed by atoms with E-state index < -0.39 is 0 Å². The minimum atomic E-state index is -0.149. The fourth-order valence-corrected chi connectivity index (χ4v) is 14.0. The van der Waals surface area contributed by atoms with Gasteiger partial charge in [-0.3, -0.25) is 0 Å². The average Bonchev–Trinajstić information content (AvgIpc) is 3.07. The molecule has 0 spiro atoms. The highest BCUT2D eigenvalue weighted by Crippen LogP contribution is 2.49. The molecule has 5 rings (SSSR count). The predicted octanol–water partition coefficient (Wildman–Crippen LogP) is 11.1. The van der Waals surface area contributed by atoms with Crippen molar-refractivity contribution >= 4 is 23.8 Å². The average molecular weight is 650 g/mol. The Hall–Kier alpha value is -2.55. The Bertz CT molecular complexity index is 1330. The molecular weight excluding hydrogens is 599 g/mol. The van der Waals surface area contributed by atoms with Crippen molar-refractivity contribution in [2.75, 3.05) is 57.0 Å². The molecule has 4 heteroatoms. The third-order valence-corrected chi connectivity index (χ3v) is 15.3. The van der Waals surface area contributed by atoms with Gasteiger partial charge in [0.15, 0.2) is 0 Å². The molecule has 6 unspecified atom stereocenters. The summed E-state index contributed by atoms with van der Waals surface area (Å²) in [6.45, 7) is 7.67. The molecule has 4 aromatic rings. The first-order chi connectivity index (χ1) is 22.0. The standard InChI is InChI=1S/C41H50NP3/c1-43-28-38(34-16-8-4-9-17-34)24-26-42-27-25-39(35-18-10-5-11-19-35)29-44(2)31-41(37-22-14-7-15-23-37)33-45(3)32-40(30-43)36-20-12-6-13-21-36/h4-27,38-42H,28-33H2,1-3H3/b26-24-,27-25-. The molecule has 1 aliphatic rings. The van der Waals surface area contributed by atoms with Gasteiger partial charge < -0.3 is 5.32 Å². The Morgan fingerprint density at radius 1 is 0.400 bits per heavy atom. The van der Waals surface area contributed by atoms with E-state index in [1.54, 1.807) is 0 Å². The summed E-state index contributed by atoms with van der Waals surface area (Å²) in [4.78, 5) is 0. The molecule has 1 nitrogen and oxygen atoms in total. The normalized spacial score (nSPS) is 28.6. The van der Waals surface area contributed by atoms with Crippen molar-refractivity contribution in [1.29, 1.82) is 0 Å². The summed E-state index contributed by atoms with van der Waals surface area (Å²) >= 11 is 0. The van der Waals surface area contributed by atoms with Crippen LogP contribution in [-0.2, 0) is 0 Å². The van der Waals surface area contributed by atoms with Crippen molar-refractivity contribution < 1.29 is 0 Å². The van der Waals surface area contributed by atoms with Crippen LogP contribution >= 0.6 is 23.8 Å². The molecule has 1 N–H and O–H groups in total. The Balaban J connectivity index is 1.46. The van der Waals surface area contributed by atoms with Gasteiger partial charge in [0.1, 0.15) is 0 Å². The Morgan fingerprint density at radius 3 is 1.02 bits per heavy atom. The second kappa shape index (κ2) is 18.0. The zero-order valence-corrected chi connectivity index (χ0v) is 29.9. The van der Waals surface area contributed by atoms with Crippen LogP contribution in [0.15, 0.2) is 146 Å². The van der Waals surface area contributed by atoms with E-state index in [2.05, 4.69) is 171 Å². The van der Waals surface area contributed by atoms with Gasteiger partial charge in [0.05, 0.1) is 0 Å². The topological polar surface area (TPSA) is 12.0 Å². The van der Waals surface area contributed by atoms with Gasteiger partial charge in [-0.15, -0.1) is 23.8 Å². The fraction of sp³-hybridized carbons (Fsp3) is 0.317. The van der Waals surface area contributed by atoms with Gasteiger partial charge in [-0.25, -0.2) is 0 Å². The largest absolute Gasteiger partial charge is 0.368 e. The van der Waals surface area contributed by atoms with Gasteiger partial charge in [-0.05, 0) is 103 Å². The molecule has 234 valence electrons. The maximum absolute atomic E-state index is 3.55. The molecule has 0 aromatic heterocycles. The number of benzene rings is 4. The molecule has 0 radical (unpaired) electrons. The van der Waals surface area contributed by atoms with E-state index in [0.29, 0.717) is 23.7 Å². The summed E-state index contributed by atoms with van der Waals surface area (Å²) in [5, 5.41) is 3.55. The van der Waals surface area contributed by atoms with Crippen LogP contribution in [0.3, 0.4) is 0 Å². The van der Waals surface area contributed by atoms with Gasteiger partial charge in [0, 0.05) is 11.8 Å². The second-order valence-electron chi connectivity index (χ2n) is 12.8. The second-order valence-corrected chi connectivity index (χ2v) is 20.1. The third kappa shape index (κ3) is 10.8. The maximum Gasteiger partial charge on any atom is 0.00744 e. The van der Waals surface area contributed by atoms with E-state index in [0.717, 1.165) is 0 Å². The zero-order chi connectivity index (χ0) is 31.3. The molecule has 0 fully saturated rings. The number of rotatable bonds is 4. The molecule has 0 bridgehead atoms. The lowest BCUT2D eigenvalue weighted by atomic mass is 10.0. The summed E-state index contributed by atoms with van der Waals surface area (Å²) in [6, 6.07) is 45.1. The van der Waals surface area contributed by atoms with Crippen molar-refractivity contribution in [3.05, 3.63) is 168 Å². The minimum absolute atomic E-state index is 0.112. The molecule has 0 saturated carbocycles. The van der Waals surface area contributed by atoms with Crippen molar-refractivity contribution in [3.63, 3.8) is 0 Å². The molecular formula is C41H50NP3. The Labute approximate surface area is 276 Å². The van der Waals surface area contributed by atoms with Crippen molar-refractivity contribution in [2.45, 2.75) is 23.7 Å². The van der Waals surface area contributed by atoms with E-state index in [-0.39, 0.29) is 23.8 Å². The van der Waals surface area contributed by atoms with Crippen molar-refractivity contribution in [1.82, 2.24) is 5.32 Å². The van der Waals surface area contributed by atoms with E-state index >= 15 is 0 Å². The minimum Gasteiger partial charge on any atom is -0.368 e. The van der Waals surface area contributed by atoms with Gasteiger partial charge in [-0.2, -0.15) is 0 Å². The smallest absolute Gasteiger partial charge is 0.00744 e. The molecule has 0 aliphatic carbocycles. The summed E-state index contributed by atoms with van der Waals surface area (Å²) in [6.07, 6.45) is 16.8. The first-order valence-electron chi connectivity index (χ1n) is 16.4. The number of hydrogen-bond acceptors (Lipinski definition) is 1. The molecule has 0 saturated heterocycles. The zero-order valence-electron chi connectivity index (χ0n) is 27.3. The molecule has 1 aliphatic heterocycles. The summed E-state index contributed by atoms with van der Waals surface area (Å²) in [7, 11) is -0.411. The lowest BCUT2D eigenvalue weighted by molar-refractivity contribution is 0.846.